The average Bonchev–Trinajstić information content (AvgIpc) is 2.91. The van der Waals surface area contributed by atoms with Crippen molar-refractivity contribution in [3.8, 4) is 0 Å². The number of rotatable bonds is 3. The Morgan fingerprint density at radius 1 is 1.17 bits per heavy atom. The summed E-state index contributed by atoms with van der Waals surface area (Å²) in [6, 6.07) is 10.7. The zero-order valence-electron chi connectivity index (χ0n) is 14.8. The van der Waals surface area contributed by atoms with Crippen LogP contribution in [0, 0.1) is 22.7 Å². The molecule has 126 valence electrons. The van der Waals surface area contributed by atoms with Gasteiger partial charge in [-0.2, -0.15) is 0 Å². The predicted molar refractivity (Wildman–Crippen MR) is 98.7 cm³/mol. The molecule has 0 amide bonds. The van der Waals surface area contributed by atoms with Crippen molar-refractivity contribution in [3.63, 3.8) is 0 Å². The Balaban J connectivity index is 1.74. The van der Waals surface area contributed by atoms with Crippen LogP contribution in [0.4, 0.5) is 0 Å². The van der Waals surface area contributed by atoms with Crippen LogP contribution < -0.4 is 0 Å². The molecule has 1 unspecified atom stereocenters. The summed E-state index contributed by atoms with van der Waals surface area (Å²) in [5, 5.41) is 0. The Morgan fingerprint density at radius 3 is 2.61 bits per heavy atom. The van der Waals surface area contributed by atoms with Crippen molar-refractivity contribution < 1.29 is 4.79 Å². The van der Waals surface area contributed by atoms with Gasteiger partial charge in [-0.15, -0.1) is 11.8 Å². The first-order valence-corrected chi connectivity index (χ1v) is 10.1. The number of benzene rings is 1. The number of carbonyl (C=O) groups excluding carboxylic acids is 1. The van der Waals surface area contributed by atoms with Gasteiger partial charge < -0.3 is 0 Å². The smallest absolute Gasteiger partial charge is 0.139 e. The summed E-state index contributed by atoms with van der Waals surface area (Å²) >= 11 is 1.94. The third-order valence-electron chi connectivity index (χ3n) is 6.26. The second-order valence-electron chi connectivity index (χ2n) is 8.60. The molecule has 0 saturated heterocycles. The van der Waals surface area contributed by atoms with E-state index in [2.05, 4.69) is 51.1 Å². The molecule has 1 nitrogen and oxygen atoms in total. The minimum atomic E-state index is -0.00201. The molecule has 3 rings (SSSR count). The molecule has 2 aliphatic rings. The Kier molecular flexibility index (Phi) is 4.92. The first kappa shape index (κ1) is 17.1. The maximum atomic E-state index is 12.9. The van der Waals surface area contributed by atoms with Crippen molar-refractivity contribution in [1.82, 2.24) is 0 Å². The van der Waals surface area contributed by atoms with Crippen molar-refractivity contribution in [2.24, 2.45) is 22.7 Å². The summed E-state index contributed by atoms with van der Waals surface area (Å²) in [7, 11) is 0. The third-order valence-corrected chi connectivity index (χ3v) is 7.44. The highest BCUT2D eigenvalue weighted by Gasteiger charge is 2.52. The molecule has 0 N–H and O–H groups in total. The Morgan fingerprint density at radius 2 is 1.91 bits per heavy atom. The number of hydrogen-bond donors (Lipinski definition) is 0. The molecule has 0 bridgehead atoms. The van der Waals surface area contributed by atoms with Gasteiger partial charge in [-0.25, -0.2) is 0 Å². The molecule has 0 radical (unpaired) electrons. The minimum absolute atomic E-state index is 0.00201. The fourth-order valence-electron chi connectivity index (χ4n) is 4.69. The van der Waals surface area contributed by atoms with Gasteiger partial charge in [0.1, 0.15) is 5.78 Å². The van der Waals surface area contributed by atoms with Crippen LogP contribution in [0.1, 0.15) is 59.3 Å². The molecule has 23 heavy (non-hydrogen) atoms. The molecule has 2 saturated carbocycles. The second kappa shape index (κ2) is 6.63. The average molecular weight is 331 g/mol. The van der Waals surface area contributed by atoms with Gasteiger partial charge in [0.15, 0.2) is 0 Å². The lowest BCUT2D eigenvalue weighted by molar-refractivity contribution is -0.136. The van der Waals surface area contributed by atoms with Crippen LogP contribution in [0.25, 0.3) is 0 Å². The molecule has 0 heterocycles. The van der Waals surface area contributed by atoms with Crippen LogP contribution in [-0.2, 0) is 4.79 Å². The van der Waals surface area contributed by atoms with Crippen molar-refractivity contribution in [1.29, 1.82) is 0 Å². The zero-order chi connectivity index (χ0) is 16.5. The largest absolute Gasteiger partial charge is 0.299 e. The van der Waals surface area contributed by atoms with Gasteiger partial charge in [0.05, 0.1) is 0 Å². The lowest BCUT2D eigenvalue weighted by atomic mass is 9.59. The molecular formula is C21H30OS. The molecular weight excluding hydrogens is 300 g/mol. The molecule has 1 aromatic carbocycles. The highest BCUT2D eigenvalue weighted by Crippen LogP contribution is 2.56. The van der Waals surface area contributed by atoms with Gasteiger partial charge in [-0.05, 0) is 55.1 Å². The Bertz CT molecular complexity index is 545. The van der Waals surface area contributed by atoms with E-state index in [4.69, 9.17) is 0 Å². The second-order valence-corrected chi connectivity index (χ2v) is 9.69. The Hall–Kier alpha value is -0.760. The quantitative estimate of drug-likeness (QED) is 0.634. The number of ketones is 1. The highest BCUT2D eigenvalue weighted by atomic mass is 32.2. The van der Waals surface area contributed by atoms with Gasteiger partial charge >= 0.3 is 0 Å². The highest BCUT2D eigenvalue weighted by molar-refractivity contribution is 7.99. The lowest BCUT2D eigenvalue weighted by Gasteiger charge is -2.45. The van der Waals surface area contributed by atoms with Gasteiger partial charge in [0.25, 0.3) is 0 Å². The summed E-state index contributed by atoms with van der Waals surface area (Å²) < 4.78 is 0. The van der Waals surface area contributed by atoms with Gasteiger partial charge in [-0.3, -0.25) is 4.79 Å². The summed E-state index contributed by atoms with van der Waals surface area (Å²) in [5.74, 6) is 2.95. The molecule has 2 aliphatic carbocycles. The number of thioether (sulfide) groups is 1. The van der Waals surface area contributed by atoms with Gasteiger partial charge in [-0.1, -0.05) is 45.4 Å². The van der Waals surface area contributed by atoms with Crippen molar-refractivity contribution in [3.05, 3.63) is 30.3 Å². The normalized spacial score (nSPS) is 31.7. The maximum Gasteiger partial charge on any atom is 0.139 e. The molecule has 0 aromatic heterocycles. The van der Waals surface area contributed by atoms with E-state index in [1.165, 1.54) is 17.7 Å². The fraction of sp³-hybridized carbons (Fsp3) is 0.667. The molecule has 2 fully saturated rings. The van der Waals surface area contributed by atoms with Crippen LogP contribution in [-0.4, -0.2) is 11.5 Å². The number of hydrogen-bond acceptors (Lipinski definition) is 2. The standard InChI is InChI=1S/C21H30OS/c1-20(2,3)16-11-12-19(22)21(14-16)13-7-8-17(21)15-23-18-9-5-4-6-10-18/h4-6,9-10,16-17H,7-8,11-15H2,1-3H3/t16-,17?,21-/m0/s1. The monoisotopic (exact) mass is 330 g/mol. The first-order valence-electron chi connectivity index (χ1n) is 9.13. The fourth-order valence-corrected chi connectivity index (χ4v) is 5.91. The van der Waals surface area contributed by atoms with Crippen molar-refractivity contribution in [2.45, 2.75) is 64.2 Å². The number of Topliss-reactive ketones (excluding diaryl/α,β-unsaturated/α-hetero) is 1. The summed E-state index contributed by atoms with van der Waals surface area (Å²) in [5.41, 5.74) is 0.325. The van der Waals surface area contributed by atoms with Crippen molar-refractivity contribution >= 4 is 17.5 Å². The zero-order valence-corrected chi connectivity index (χ0v) is 15.6. The minimum Gasteiger partial charge on any atom is -0.299 e. The Labute approximate surface area is 145 Å². The van der Waals surface area contributed by atoms with Crippen LogP contribution in [0.15, 0.2) is 35.2 Å². The van der Waals surface area contributed by atoms with E-state index < -0.39 is 0 Å². The van der Waals surface area contributed by atoms with Gasteiger partial charge in [0.2, 0.25) is 0 Å². The first-order chi connectivity index (χ1) is 10.9. The van der Waals surface area contributed by atoms with E-state index in [9.17, 15) is 4.79 Å². The molecule has 1 spiro atoms. The van der Waals surface area contributed by atoms with Crippen LogP contribution >= 0.6 is 11.8 Å². The molecule has 3 atom stereocenters. The van der Waals surface area contributed by atoms with E-state index in [1.54, 1.807) is 0 Å². The van der Waals surface area contributed by atoms with Crippen LogP contribution in [0.3, 0.4) is 0 Å². The SMILES string of the molecule is CC(C)(C)[C@H]1CCC(=O)[C@@]2(CCCC2CSc2ccccc2)C1. The third kappa shape index (κ3) is 3.52. The molecule has 1 aromatic rings. The maximum absolute atomic E-state index is 12.9. The van der Waals surface area contributed by atoms with Crippen LogP contribution in [0.5, 0.6) is 0 Å². The van der Waals surface area contributed by atoms with E-state index in [0.717, 1.165) is 31.4 Å². The van der Waals surface area contributed by atoms with E-state index in [0.29, 0.717) is 23.0 Å². The topological polar surface area (TPSA) is 17.1 Å². The van der Waals surface area contributed by atoms with E-state index in [-0.39, 0.29) is 5.41 Å². The van der Waals surface area contributed by atoms with Crippen LogP contribution in [0.2, 0.25) is 0 Å². The summed E-state index contributed by atoms with van der Waals surface area (Å²) in [4.78, 5) is 14.2. The van der Waals surface area contributed by atoms with Crippen molar-refractivity contribution in [2.75, 3.05) is 5.75 Å². The van der Waals surface area contributed by atoms with E-state index >= 15 is 0 Å². The lowest BCUT2D eigenvalue weighted by Crippen LogP contribution is -2.44. The van der Waals surface area contributed by atoms with E-state index in [1.807, 2.05) is 11.8 Å². The molecule has 2 heteroatoms. The summed E-state index contributed by atoms with van der Waals surface area (Å²) in [6.07, 6.45) is 6.66. The summed E-state index contributed by atoms with van der Waals surface area (Å²) in [6.45, 7) is 7.05. The predicted octanol–water partition coefficient (Wildman–Crippen LogP) is 5.98. The molecule has 0 aliphatic heterocycles. The number of carbonyl (C=O) groups is 1. The van der Waals surface area contributed by atoms with Gasteiger partial charge in [0, 0.05) is 22.5 Å².